The highest BCUT2D eigenvalue weighted by atomic mass is 16.5. The smallest absolute Gasteiger partial charge is 0.291 e. The van der Waals surface area contributed by atoms with Crippen molar-refractivity contribution < 1.29 is 13.9 Å². The number of piperidine rings is 1. The highest BCUT2D eigenvalue weighted by molar-refractivity contribution is 5.92. The lowest BCUT2D eigenvalue weighted by Gasteiger charge is -2.38. The van der Waals surface area contributed by atoms with Crippen molar-refractivity contribution in [1.82, 2.24) is 9.88 Å². The maximum absolute atomic E-state index is 12.3. The molecule has 1 saturated heterocycles. The number of likely N-dealkylation sites (tertiary alicyclic amines) is 1. The van der Waals surface area contributed by atoms with Crippen molar-refractivity contribution in [2.75, 3.05) is 20.2 Å². The van der Waals surface area contributed by atoms with Crippen LogP contribution in [0.2, 0.25) is 0 Å². The van der Waals surface area contributed by atoms with Gasteiger partial charge in [-0.25, -0.2) is 4.98 Å². The van der Waals surface area contributed by atoms with Crippen LogP contribution in [0.1, 0.15) is 29.1 Å². The number of aromatic nitrogens is 1. The van der Waals surface area contributed by atoms with E-state index in [1.54, 1.807) is 18.9 Å². The Morgan fingerprint density at radius 2 is 2.50 bits per heavy atom. The van der Waals surface area contributed by atoms with Crippen molar-refractivity contribution in [2.24, 2.45) is 5.73 Å². The fourth-order valence-corrected chi connectivity index (χ4v) is 2.36. The van der Waals surface area contributed by atoms with Gasteiger partial charge < -0.3 is 19.8 Å². The lowest BCUT2D eigenvalue weighted by molar-refractivity contribution is 0.0124. The normalized spacial score (nSPS) is 24.3. The fourth-order valence-electron chi connectivity index (χ4n) is 2.36. The zero-order valence-electron chi connectivity index (χ0n) is 10.8. The average Bonchev–Trinajstić information content (AvgIpc) is 2.83. The van der Waals surface area contributed by atoms with Crippen LogP contribution in [-0.2, 0) is 4.74 Å². The molecule has 1 aromatic heterocycles. The Balaban J connectivity index is 2.13. The minimum absolute atomic E-state index is 0.000648. The van der Waals surface area contributed by atoms with Gasteiger partial charge in [-0.05, 0) is 19.8 Å². The molecule has 1 fully saturated rings. The Hall–Kier alpha value is -1.40. The van der Waals surface area contributed by atoms with Crippen LogP contribution in [0.25, 0.3) is 0 Å². The quantitative estimate of drug-likeness (QED) is 0.851. The van der Waals surface area contributed by atoms with Crippen LogP contribution in [0.3, 0.4) is 0 Å². The van der Waals surface area contributed by atoms with E-state index >= 15 is 0 Å². The van der Waals surface area contributed by atoms with Crippen molar-refractivity contribution in [3.05, 3.63) is 17.8 Å². The van der Waals surface area contributed by atoms with Crippen molar-refractivity contribution >= 4 is 5.91 Å². The van der Waals surface area contributed by atoms with Crippen LogP contribution in [-0.4, -0.2) is 48.1 Å². The summed E-state index contributed by atoms with van der Waals surface area (Å²) < 4.78 is 10.5. The number of nitrogens with two attached hydrogens (primary N) is 1. The molecule has 0 bridgehead atoms. The topological polar surface area (TPSA) is 81.6 Å². The zero-order chi connectivity index (χ0) is 13.1. The van der Waals surface area contributed by atoms with Gasteiger partial charge in [-0.2, -0.15) is 0 Å². The molecule has 2 atom stereocenters. The molecule has 1 aliphatic heterocycles. The molecule has 0 aliphatic carbocycles. The van der Waals surface area contributed by atoms with Crippen LogP contribution in [0.4, 0.5) is 0 Å². The van der Waals surface area contributed by atoms with Crippen LogP contribution < -0.4 is 5.73 Å². The summed E-state index contributed by atoms with van der Waals surface area (Å²) in [5.41, 5.74) is 6.36. The second-order valence-electron chi connectivity index (χ2n) is 4.54. The molecule has 6 heteroatoms. The molecular weight excluding hydrogens is 234 g/mol. The SMILES string of the molecule is COC1CCN(C(=O)c2ocnc2C)C(CN)C1. The predicted molar refractivity (Wildman–Crippen MR) is 65.1 cm³/mol. The van der Waals surface area contributed by atoms with Crippen molar-refractivity contribution in [2.45, 2.75) is 31.9 Å². The second kappa shape index (κ2) is 5.49. The van der Waals surface area contributed by atoms with Gasteiger partial charge in [0.2, 0.25) is 5.76 Å². The third-order valence-corrected chi connectivity index (χ3v) is 3.47. The molecule has 1 amide bonds. The molecule has 1 aliphatic rings. The molecule has 0 saturated carbocycles. The Kier molecular flexibility index (Phi) is 3.98. The first kappa shape index (κ1) is 13.0. The van der Waals surface area contributed by atoms with Crippen molar-refractivity contribution in [1.29, 1.82) is 0 Å². The molecular formula is C12H19N3O3. The molecule has 2 rings (SSSR count). The molecule has 0 aromatic carbocycles. The number of amides is 1. The molecule has 0 spiro atoms. The number of hydrogen-bond donors (Lipinski definition) is 1. The lowest BCUT2D eigenvalue weighted by atomic mass is 9.99. The van der Waals surface area contributed by atoms with E-state index in [0.29, 0.717) is 24.5 Å². The summed E-state index contributed by atoms with van der Waals surface area (Å²) in [6.45, 7) is 2.83. The lowest BCUT2D eigenvalue weighted by Crippen LogP contribution is -2.51. The second-order valence-corrected chi connectivity index (χ2v) is 4.54. The van der Waals surface area contributed by atoms with E-state index in [-0.39, 0.29) is 18.1 Å². The van der Waals surface area contributed by atoms with E-state index in [1.807, 2.05) is 0 Å². The first-order valence-electron chi connectivity index (χ1n) is 6.11. The van der Waals surface area contributed by atoms with Crippen LogP contribution in [0, 0.1) is 6.92 Å². The number of hydrogen-bond acceptors (Lipinski definition) is 5. The summed E-state index contributed by atoms with van der Waals surface area (Å²) in [6, 6.07) is 0.000648. The first-order valence-corrected chi connectivity index (χ1v) is 6.11. The number of oxazole rings is 1. The van der Waals surface area contributed by atoms with E-state index in [1.165, 1.54) is 6.39 Å². The Morgan fingerprint density at radius 1 is 1.72 bits per heavy atom. The maximum Gasteiger partial charge on any atom is 0.291 e. The first-order chi connectivity index (χ1) is 8.67. The number of nitrogens with zero attached hydrogens (tertiary/aromatic N) is 2. The summed E-state index contributed by atoms with van der Waals surface area (Å²) in [4.78, 5) is 18.1. The van der Waals surface area contributed by atoms with E-state index in [0.717, 1.165) is 12.8 Å². The van der Waals surface area contributed by atoms with Gasteiger partial charge in [0.1, 0.15) is 0 Å². The Bertz CT molecular complexity index is 418. The molecule has 0 radical (unpaired) electrons. The standard InChI is InChI=1S/C12H19N3O3/c1-8-11(18-7-14-8)12(16)15-4-3-10(17-2)5-9(15)6-13/h7,9-10H,3-6,13H2,1-2H3. The molecule has 6 nitrogen and oxygen atoms in total. The van der Waals surface area contributed by atoms with Gasteiger partial charge in [0.05, 0.1) is 11.8 Å². The van der Waals surface area contributed by atoms with Gasteiger partial charge in [-0.15, -0.1) is 0 Å². The zero-order valence-corrected chi connectivity index (χ0v) is 10.8. The van der Waals surface area contributed by atoms with Gasteiger partial charge >= 0.3 is 0 Å². The van der Waals surface area contributed by atoms with Crippen LogP contribution >= 0.6 is 0 Å². The average molecular weight is 253 g/mol. The molecule has 2 N–H and O–H groups in total. The number of aryl methyl sites for hydroxylation is 1. The predicted octanol–water partition coefficient (Wildman–Crippen LogP) is 0.561. The summed E-state index contributed by atoms with van der Waals surface area (Å²) in [5, 5.41) is 0. The molecule has 2 heterocycles. The minimum atomic E-state index is -0.130. The number of carbonyl (C=O) groups is 1. The summed E-state index contributed by atoms with van der Waals surface area (Å²) in [7, 11) is 1.69. The molecule has 1 aromatic rings. The maximum atomic E-state index is 12.3. The fraction of sp³-hybridized carbons (Fsp3) is 0.667. The van der Waals surface area contributed by atoms with E-state index in [9.17, 15) is 4.79 Å². The Labute approximate surface area is 106 Å². The third kappa shape index (κ3) is 2.39. The van der Waals surface area contributed by atoms with E-state index in [2.05, 4.69) is 4.98 Å². The number of methoxy groups -OCH3 is 1. The van der Waals surface area contributed by atoms with E-state index in [4.69, 9.17) is 14.9 Å². The number of ether oxygens (including phenoxy) is 1. The molecule has 18 heavy (non-hydrogen) atoms. The summed E-state index contributed by atoms with van der Waals surface area (Å²) in [5.74, 6) is 0.180. The minimum Gasteiger partial charge on any atom is -0.438 e. The highest BCUT2D eigenvalue weighted by Gasteiger charge is 2.33. The Morgan fingerprint density at radius 3 is 3.06 bits per heavy atom. The third-order valence-electron chi connectivity index (χ3n) is 3.47. The van der Waals surface area contributed by atoms with Gasteiger partial charge in [0, 0.05) is 26.2 Å². The van der Waals surface area contributed by atoms with Crippen molar-refractivity contribution in [3.8, 4) is 0 Å². The largest absolute Gasteiger partial charge is 0.438 e. The molecule has 100 valence electrons. The van der Waals surface area contributed by atoms with Crippen molar-refractivity contribution in [3.63, 3.8) is 0 Å². The van der Waals surface area contributed by atoms with E-state index < -0.39 is 0 Å². The molecule has 2 unspecified atom stereocenters. The number of carbonyl (C=O) groups excluding carboxylic acids is 1. The monoisotopic (exact) mass is 253 g/mol. The number of rotatable bonds is 3. The van der Waals surface area contributed by atoms with Gasteiger partial charge in [-0.3, -0.25) is 4.79 Å². The van der Waals surface area contributed by atoms with Gasteiger partial charge in [0.25, 0.3) is 5.91 Å². The van der Waals surface area contributed by atoms with Crippen LogP contribution in [0.5, 0.6) is 0 Å². The van der Waals surface area contributed by atoms with Gasteiger partial charge in [0.15, 0.2) is 6.39 Å². The summed E-state index contributed by atoms with van der Waals surface area (Å²) >= 11 is 0. The van der Waals surface area contributed by atoms with Crippen LogP contribution in [0.15, 0.2) is 10.8 Å². The highest BCUT2D eigenvalue weighted by Crippen LogP contribution is 2.22. The summed E-state index contributed by atoms with van der Waals surface area (Å²) in [6.07, 6.45) is 3.07. The van der Waals surface area contributed by atoms with Gasteiger partial charge in [-0.1, -0.05) is 0 Å².